The molecule has 0 spiro atoms. The van der Waals surface area contributed by atoms with Crippen LogP contribution < -0.4 is 19.7 Å². The molecule has 0 saturated heterocycles. The number of nitrogens with zero attached hydrogens (tertiary/aromatic N) is 7. The number of anilines is 4. The molecule has 0 aliphatic heterocycles. The van der Waals surface area contributed by atoms with Gasteiger partial charge in [-0.25, -0.2) is 12.8 Å². The second-order valence-corrected chi connectivity index (χ2v) is 17.1. The van der Waals surface area contributed by atoms with Crippen molar-refractivity contribution in [3.63, 3.8) is 0 Å². The van der Waals surface area contributed by atoms with Crippen LogP contribution in [0.1, 0.15) is 101 Å². The molecule has 2 aromatic carbocycles. The molecule has 0 aliphatic rings. The number of rotatable bonds is 22. The van der Waals surface area contributed by atoms with E-state index in [4.69, 9.17) is 4.74 Å². The Bertz CT molecular complexity index is 2010. The molecule has 4 aromatic rings. The lowest BCUT2D eigenvalue weighted by molar-refractivity contribution is 0.258. The maximum absolute atomic E-state index is 14.3. The van der Waals surface area contributed by atoms with Gasteiger partial charge in [-0.15, -0.1) is 0 Å². The summed E-state index contributed by atoms with van der Waals surface area (Å²) in [6, 6.07) is 11.3. The molecule has 0 fully saturated rings. The van der Waals surface area contributed by atoms with Gasteiger partial charge in [-0.05, 0) is 72.8 Å². The number of sulfonamides is 1. The topological polar surface area (TPSA) is 209 Å². The molecule has 5 N–H and O–H groups in total. The highest BCUT2D eigenvalue weighted by Crippen LogP contribution is 2.29. The molecule has 0 amide bonds. The lowest BCUT2D eigenvalue weighted by Crippen LogP contribution is -2.32. The summed E-state index contributed by atoms with van der Waals surface area (Å²) in [5, 5.41) is 36.4. The van der Waals surface area contributed by atoms with Crippen molar-refractivity contribution in [1.82, 2.24) is 29.9 Å². The van der Waals surface area contributed by atoms with Crippen molar-refractivity contribution in [2.75, 3.05) is 41.0 Å². The molecule has 17 heteroatoms. The standard InChI is InChI=1S/C40H58FN9O6S/c1-9-56-33-13-10-28(11-14-33)26(6)18-35-44-37(42-31(22-52)16-24(2)3)48-39(46-35)50(57(8,54)55)40-47-36(45-38(49-40)43-32(23-53)17-25(4)5)19-27(7)29-12-15-34(41)30(20-29)21-51/h10-15,20,24-27,31-32,51-53H,9,16-19,21-23H2,1-8H3,(H,42,44,46,48)(H,43,45,47,49)/t26?,27?,31-,32-/m1/s1. The fourth-order valence-corrected chi connectivity index (χ4v) is 7.18. The van der Waals surface area contributed by atoms with E-state index in [0.29, 0.717) is 31.4 Å². The summed E-state index contributed by atoms with van der Waals surface area (Å²) in [6.07, 6.45) is 2.63. The van der Waals surface area contributed by atoms with Gasteiger partial charge in [0, 0.05) is 18.4 Å². The second kappa shape index (κ2) is 20.7. The number of aromatic nitrogens is 6. The zero-order chi connectivity index (χ0) is 41.9. The maximum Gasteiger partial charge on any atom is 0.251 e. The predicted octanol–water partition coefficient (Wildman–Crippen LogP) is 5.51. The van der Waals surface area contributed by atoms with Crippen LogP contribution in [-0.2, 0) is 29.5 Å². The molecule has 4 atom stereocenters. The predicted molar refractivity (Wildman–Crippen MR) is 219 cm³/mol. The summed E-state index contributed by atoms with van der Waals surface area (Å²) in [7, 11) is -4.24. The molecular formula is C40H58FN9O6S. The van der Waals surface area contributed by atoms with Crippen molar-refractivity contribution in [2.45, 2.75) is 105 Å². The van der Waals surface area contributed by atoms with Crippen molar-refractivity contribution in [3.8, 4) is 5.75 Å². The van der Waals surface area contributed by atoms with E-state index in [1.165, 1.54) is 6.07 Å². The minimum absolute atomic E-state index is 0.0275. The van der Waals surface area contributed by atoms with Gasteiger partial charge in [-0.2, -0.15) is 34.2 Å². The van der Waals surface area contributed by atoms with Crippen LogP contribution in [0.5, 0.6) is 5.75 Å². The average Bonchev–Trinajstić information content (AvgIpc) is 3.13. The van der Waals surface area contributed by atoms with E-state index in [2.05, 4.69) is 40.5 Å². The van der Waals surface area contributed by atoms with E-state index >= 15 is 0 Å². The van der Waals surface area contributed by atoms with Crippen LogP contribution in [-0.4, -0.2) is 91.8 Å². The molecule has 0 bridgehead atoms. The van der Waals surface area contributed by atoms with Gasteiger partial charge in [-0.3, -0.25) is 0 Å². The van der Waals surface area contributed by atoms with Gasteiger partial charge in [0.2, 0.25) is 21.9 Å². The highest BCUT2D eigenvalue weighted by atomic mass is 32.2. The van der Waals surface area contributed by atoms with Gasteiger partial charge in [0.15, 0.2) is 0 Å². The van der Waals surface area contributed by atoms with Crippen molar-refractivity contribution in [1.29, 1.82) is 0 Å². The quantitative estimate of drug-likeness (QED) is 0.0663. The largest absolute Gasteiger partial charge is 0.494 e. The minimum Gasteiger partial charge on any atom is -0.494 e. The molecule has 15 nitrogen and oxygen atoms in total. The molecule has 4 rings (SSSR count). The number of hydrogen-bond acceptors (Lipinski definition) is 14. The summed E-state index contributed by atoms with van der Waals surface area (Å²) in [6.45, 7) is 13.5. The zero-order valence-electron chi connectivity index (χ0n) is 34.1. The van der Waals surface area contributed by atoms with Crippen LogP contribution in [0.4, 0.5) is 28.2 Å². The van der Waals surface area contributed by atoms with Crippen LogP contribution in [0.2, 0.25) is 0 Å². The van der Waals surface area contributed by atoms with E-state index in [1.54, 1.807) is 12.1 Å². The number of benzene rings is 2. The Morgan fingerprint density at radius 2 is 1.19 bits per heavy atom. The molecule has 0 aliphatic carbocycles. The third kappa shape index (κ3) is 13.2. The van der Waals surface area contributed by atoms with Crippen LogP contribution >= 0.6 is 0 Å². The molecule has 0 radical (unpaired) electrons. The van der Waals surface area contributed by atoms with E-state index in [1.807, 2.05) is 72.7 Å². The first-order valence-electron chi connectivity index (χ1n) is 19.4. The van der Waals surface area contributed by atoms with Crippen LogP contribution in [0.25, 0.3) is 0 Å². The maximum atomic E-state index is 14.3. The van der Waals surface area contributed by atoms with Gasteiger partial charge in [0.25, 0.3) is 11.9 Å². The fourth-order valence-electron chi connectivity index (χ4n) is 6.42. The molecule has 2 unspecified atom stereocenters. The second-order valence-electron chi connectivity index (χ2n) is 15.3. The first-order chi connectivity index (χ1) is 27.0. The Morgan fingerprint density at radius 1 is 0.719 bits per heavy atom. The van der Waals surface area contributed by atoms with Crippen molar-refractivity contribution < 1.29 is 32.9 Å². The number of aliphatic hydroxyl groups excluding tert-OH is 3. The van der Waals surface area contributed by atoms with Gasteiger partial charge in [-0.1, -0.05) is 65.8 Å². The number of aliphatic hydroxyl groups is 3. The first-order valence-corrected chi connectivity index (χ1v) is 21.2. The zero-order valence-corrected chi connectivity index (χ0v) is 35.0. The highest BCUT2D eigenvalue weighted by Gasteiger charge is 2.30. The molecule has 57 heavy (non-hydrogen) atoms. The monoisotopic (exact) mass is 811 g/mol. The van der Waals surface area contributed by atoms with E-state index in [0.717, 1.165) is 21.9 Å². The highest BCUT2D eigenvalue weighted by molar-refractivity contribution is 7.92. The SMILES string of the molecule is CCOc1ccc(C(C)Cc2nc(N[C@@H](CO)CC(C)C)nc(N(c3nc(CC(C)c4ccc(F)c(CO)c4)nc(N[C@@H](CO)CC(C)C)n3)S(C)(=O)=O)n2)cc1. The van der Waals surface area contributed by atoms with Gasteiger partial charge in [0.05, 0.1) is 44.8 Å². The van der Waals surface area contributed by atoms with Crippen molar-refractivity contribution >= 4 is 33.8 Å². The lowest BCUT2D eigenvalue weighted by atomic mass is 9.95. The van der Waals surface area contributed by atoms with E-state index in [9.17, 15) is 28.1 Å². The molecule has 2 heterocycles. The number of hydrogen-bond donors (Lipinski definition) is 5. The van der Waals surface area contributed by atoms with Crippen LogP contribution in [0, 0.1) is 17.7 Å². The van der Waals surface area contributed by atoms with Gasteiger partial charge in [0.1, 0.15) is 23.2 Å². The first kappa shape index (κ1) is 45.1. The van der Waals surface area contributed by atoms with Crippen LogP contribution in [0.15, 0.2) is 42.5 Å². The smallest absolute Gasteiger partial charge is 0.251 e. The van der Waals surface area contributed by atoms with Gasteiger partial charge >= 0.3 is 0 Å². The summed E-state index contributed by atoms with van der Waals surface area (Å²) in [5.41, 5.74) is 1.84. The molecule has 312 valence electrons. The minimum atomic E-state index is -4.24. The summed E-state index contributed by atoms with van der Waals surface area (Å²) < 4.78 is 48.4. The Morgan fingerprint density at radius 3 is 1.61 bits per heavy atom. The third-order valence-corrected chi connectivity index (χ3v) is 10.2. The fraction of sp³-hybridized carbons (Fsp3) is 0.550. The average molecular weight is 812 g/mol. The summed E-state index contributed by atoms with van der Waals surface area (Å²) in [5.74, 6) is 0.270. The van der Waals surface area contributed by atoms with E-state index < -0.39 is 34.5 Å². The third-order valence-electron chi connectivity index (χ3n) is 9.20. The Balaban J connectivity index is 1.86. The van der Waals surface area contributed by atoms with Crippen molar-refractivity contribution in [2.24, 2.45) is 11.8 Å². The number of ether oxygens (including phenoxy) is 1. The number of nitrogens with one attached hydrogen (secondary N) is 2. The molecule has 0 saturated carbocycles. The van der Waals surface area contributed by atoms with E-state index in [-0.39, 0.29) is 84.3 Å². The van der Waals surface area contributed by atoms with Crippen molar-refractivity contribution in [3.05, 3.63) is 76.6 Å². The molecule has 2 aromatic heterocycles. The normalized spacial score (nSPS) is 14.0. The summed E-state index contributed by atoms with van der Waals surface area (Å²) >= 11 is 0. The summed E-state index contributed by atoms with van der Waals surface area (Å²) in [4.78, 5) is 27.7. The Kier molecular flexibility index (Phi) is 16.4. The number of halogens is 1. The molecular weight excluding hydrogens is 754 g/mol. The Hall–Kier alpha value is -4.58. The van der Waals surface area contributed by atoms with Gasteiger partial charge < -0.3 is 30.7 Å². The lowest BCUT2D eigenvalue weighted by Gasteiger charge is -2.24. The Labute approximate surface area is 335 Å². The van der Waals surface area contributed by atoms with Crippen LogP contribution in [0.3, 0.4) is 0 Å².